The van der Waals surface area contributed by atoms with Crippen molar-refractivity contribution in [3.05, 3.63) is 0 Å². The van der Waals surface area contributed by atoms with Gasteiger partial charge in [0.15, 0.2) is 0 Å². The lowest BCUT2D eigenvalue weighted by Gasteiger charge is -2.01. The van der Waals surface area contributed by atoms with Gasteiger partial charge in [-0.05, 0) is 13.0 Å². The van der Waals surface area contributed by atoms with Crippen LogP contribution in [0.1, 0.15) is 13.3 Å². The van der Waals surface area contributed by atoms with Crippen molar-refractivity contribution in [3.8, 4) is 0 Å². The Hall–Kier alpha value is -0.220. The Kier molecular flexibility index (Phi) is 8.71. The molecule has 0 heterocycles. The monoisotopic (exact) mass is 191 g/mol. The maximum atomic E-state index is 10.6. The van der Waals surface area contributed by atoms with Crippen molar-refractivity contribution in [3.63, 3.8) is 0 Å². The summed E-state index contributed by atoms with van der Waals surface area (Å²) in [5.41, 5.74) is 0. The predicted octanol–water partition coefficient (Wildman–Crippen LogP) is 0.892. The number of hydrogen-bond donors (Lipinski definition) is 1. The molecule has 72 valence electrons. The van der Waals surface area contributed by atoms with Gasteiger partial charge in [0.25, 0.3) is 0 Å². The normalized spacial score (nSPS) is 9.83. The Morgan fingerprint density at radius 1 is 1.50 bits per heavy atom. The summed E-state index contributed by atoms with van der Waals surface area (Å²) in [7, 11) is 1.41. The van der Waals surface area contributed by atoms with Crippen molar-refractivity contribution in [1.82, 2.24) is 5.32 Å². The second-order valence-corrected chi connectivity index (χ2v) is 3.48. The van der Waals surface area contributed by atoms with Crippen LogP contribution in [0.25, 0.3) is 0 Å². The Bertz CT molecular complexity index is 120. The molecule has 0 aromatic heterocycles. The van der Waals surface area contributed by atoms with Crippen LogP contribution in [0.3, 0.4) is 0 Å². The van der Waals surface area contributed by atoms with Crippen LogP contribution >= 0.6 is 11.8 Å². The number of esters is 1. The first kappa shape index (κ1) is 11.8. The molecular weight excluding hydrogens is 174 g/mol. The Morgan fingerprint density at radius 2 is 2.25 bits per heavy atom. The van der Waals surface area contributed by atoms with E-state index in [0.717, 1.165) is 25.3 Å². The first-order chi connectivity index (χ1) is 5.81. The molecule has 4 heteroatoms. The van der Waals surface area contributed by atoms with Crippen molar-refractivity contribution in [2.45, 2.75) is 13.3 Å². The highest BCUT2D eigenvalue weighted by atomic mass is 32.2. The largest absolute Gasteiger partial charge is 0.468 e. The summed E-state index contributed by atoms with van der Waals surface area (Å²) >= 11 is 1.60. The van der Waals surface area contributed by atoms with Crippen LogP contribution in [0.15, 0.2) is 0 Å². The molecule has 0 rings (SSSR count). The smallest absolute Gasteiger partial charge is 0.315 e. The van der Waals surface area contributed by atoms with Gasteiger partial charge < -0.3 is 10.1 Å². The van der Waals surface area contributed by atoms with E-state index >= 15 is 0 Å². The first-order valence-electron chi connectivity index (χ1n) is 4.16. The van der Waals surface area contributed by atoms with E-state index < -0.39 is 0 Å². The molecule has 12 heavy (non-hydrogen) atoms. The summed E-state index contributed by atoms with van der Waals surface area (Å²) in [6.45, 7) is 4.16. The number of carbonyl (C=O) groups excluding carboxylic acids is 1. The van der Waals surface area contributed by atoms with Gasteiger partial charge in [-0.1, -0.05) is 6.92 Å². The molecule has 0 aliphatic carbocycles. The van der Waals surface area contributed by atoms with Gasteiger partial charge in [0.2, 0.25) is 0 Å². The molecule has 0 spiro atoms. The molecule has 0 radical (unpaired) electrons. The molecule has 0 bridgehead atoms. The maximum absolute atomic E-state index is 10.6. The lowest BCUT2D eigenvalue weighted by molar-refractivity contribution is -0.137. The van der Waals surface area contributed by atoms with Gasteiger partial charge in [-0.2, -0.15) is 0 Å². The number of methoxy groups -OCH3 is 1. The number of ether oxygens (including phenoxy) is 1. The fourth-order valence-electron chi connectivity index (χ4n) is 0.661. The van der Waals surface area contributed by atoms with Gasteiger partial charge in [0.05, 0.1) is 12.9 Å². The molecule has 0 atom stereocenters. The number of hydrogen-bond acceptors (Lipinski definition) is 4. The zero-order valence-electron chi connectivity index (χ0n) is 7.76. The number of carbonyl (C=O) groups is 1. The van der Waals surface area contributed by atoms with Crippen LogP contribution in [0.4, 0.5) is 0 Å². The van der Waals surface area contributed by atoms with Gasteiger partial charge in [-0.15, -0.1) is 11.8 Å². The van der Waals surface area contributed by atoms with Crippen molar-refractivity contribution in [2.75, 3.05) is 31.7 Å². The molecule has 0 aliphatic heterocycles. The minimum absolute atomic E-state index is 0.143. The van der Waals surface area contributed by atoms with Crippen molar-refractivity contribution in [1.29, 1.82) is 0 Å². The van der Waals surface area contributed by atoms with Crippen LogP contribution in [0.2, 0.25) is 0 Å². The van der Waals surface area contributed by atoms with Crippen molar-refractivity contribution >= 4 is 17.7 Å². The zero-order valence-corrected chi connectivity index (χ0v) is 8.58. The van der Waals surface area contributed by atoms with E-state index in [9.17, 15) is 4.79 Å². The maximum Gasteiger partial charge on any atom is 0.315 e. The molecule has 0 aromatic rings. The number of rotatable bonds is 7. The van der Waals surface area contributed by atoms with Gasteiger partial charge in [-0.3, -0.25) is 4.79 Å². The average Bonchev–Trinajstić information content (AvgIpc) is 2.10. The van der Waals surface area contributed by atoms with E-state index in [1.165, 1.54) is 7.11 Å². The van der Waals surface area contributed by atoms with E-state index in [-0.39, 0.29) is 5.97 Å². The van der Waals surface area contributed by atoms with Crippen LogP contribution in [0.5, 0.6) is 0 Å². The summed E-state index contributed by atoms with van der Waals surface area (Å²) in [6, 6.07) is 0. The highest BCUT2D eigenvalue weighted by Gasteiger charge is 1.98. The van der Waals surface area contributed by atoms with E-state index in [0.29, 0.717) is 5.75 Å². The standard InChI is InChI=1S/C8H17NO2S/c1-3-4-9-5-6-12-7-8(10)11-2/h9H,3-7H2,1-2H3. The van der Waals surface area contributed by atoms with E-state index in [4.69, 9.17) is 0 Å². The third kappa shape index (κ3) is 7.88. The molecule has 0 aromatic carbocycles. The highest BCUT2D eigenvalue weighted by Crippen LogP contribution is 1.98. The lowest BCUT2D eigenvalue weighted by Crippen LogP contribution is -2.18. The summed E-state index contributed by atoms with van der Waals surface area (Å²) in [4.78, 5) is 10.6. The quantitative estimate of drug-likeness (QED) is 0.479. The Balaban J connectivity index is 2.95. The molecule has 0 saturated heterocycles. The summed E-state index contributed by atoms with van der Waals surface area (Å²) in [5, 5.41) is 3.25. The average molecular weight is 191 g/mol. The predicted molar refractivity (Wildman–Crippen MR) is 52.5 cm³/mol. The third-order valence-electron chi connectivity index (χ3n) is 1.30. The number of thioether (sulfide) groups is 1. The highest BCUT2D eigenvalue weighted by molar-refractivity contribution is 7.99. The van der Waals surface area contributed by atoms with Gasteiger partial charge in [0, 0.05) is 12.3 Å². The van der Waals surface area contributed by atoms with Gasteiger partial charge in [0.1, 0.15) is 0 Å². The SMILES string of the molecule is CCCNCCSCC(=O)OC. The molecule has 0 amide bonds. The second kappa shape index (κ2) is 8.87. The Labute approximate surface area is 78.2 Å². The lowest BCUT2D eigenvalue weighted by atomic mass is 10.5. The fourth-order valence-corrected chi connectivity index (χ4v) is 1.38. The van der Waals surface area contributed by atoms with Crippen LogP contribution < -0.4 is 5.32 Å². The van der Waals surface area contributed by atoms with E-state index in [2.05, 4.69) is 17.0 Å². The molecule has 0 fully saturated rings. The van der Waals surface area contributed by atoms with Crippen LogP contribution in [0, 0.1) is 0 Å². The van der Waals surface area contributed by atoms with E-state index in [1.807, 2.05) is 0 Å². The van der Waals surface area contributed by atoms with Gasteiger partial charge in [-0.25, -0.2) is 0 Å². The minimum Gasteiger partial charge on any atom is -0.468 e. The third-order valence-corrected chi connectivity index (χ3v) is 2.23. The summed E-state index contributed by atoms with van der Waals surface area (Å²) < 4.78 is 4.50. The molecule has 1 N–H and O–H groups in total. The van der Waals surface area contributed by atoms with Crippen molar-refractivity contribution in [2.24, 2.45) is 0 Å². The fraction of sp³-hybridized carbons (Fsp3) is 0.875. The minimum atomic E-state index is -0.143. The number of nitrogens with one attached hydrogen (secondary N) is 1. The summed E-state index contributed by atoms with van der Waals surface area (Å²) in [6.07, 6.45) is 1.15. The van der Waals surface area contributed by atoms with Crippen LogP contribution in [-0.4, -0.2) is 37.7 Å². The molecule has 0 saturated carbocycles. The topological polar surface area (TPSA) is 38.3 Å². The molecular formula is C8H17NO2S. The van der Waals surface area contributed by atoms with Crippen molar-refractivity contribution < 1.29 is 9.53 Å². The van der Waals surface area contributed by atoms with Crippen LogP contribution in [-0.2, 0) is 9.53 Å². The molecule has 0 unspecified atom stereocenters. The summed E-state index contributed by atoms with van der Waals surface area (Å²) in [5.74, 6) is 1.29. The zero-order chi connectivity index (χ0) is 9.23. The van der Waals surface area contributed by atoms with E-state index in [1.54, 1.807) is 11.8 Å². The molecule has 0 aliphatic rings. The van der Waals surface area contributed by atoms with Gasteiger partial charge >= 0.3 is 5.97 Å². The second-order valence-electron chi connectivity index (χ2n) is 2.38. The first-order valence-corrected chi connectivity index (χ1v) is 5.32. The molecule has 3 nitrogen and oxygen atoms in total. The Morgan fingerprint density at radius 3 is 2.83 bits per heavy atom.